The summed E-state index contributed by atoms with van der Waals surface area (Å²) in [7, 11) is 0. The van der Waals surface area contributed by atoms with E-state index >= 15 is 0 Å². The van der Waals surface area contributed by atoms with Gasteiger partial charge in [-0.1, -0.05) is 41.9 Å². The number of benzene rings is 2. The van der Waals surface area contributed by atoms with Crippen molar-refractivity contribution in [3.63, 3.8) is 0 Å². The van der Waals surface area contributed by atoms with Crippen molar-refractivity contribution in [3.8, 4) is 5.69 Å². The van der Waals surface area contributed by atoms with Crippen LogP contribution in [0.4, 0.5) is 4.39 Å². The highest BCUT2D eigenvalue weighted by atomic mass is 35.5. The smallest absolute Gasteiger partial charge is 0.252 e. The standard InChI is InChI=1S/C24H21ClFN7O2/c25-19-6-7-21(33-15-29-31-32-33)17(13-19)8-11-28-24(35)20(12-16-4-2-1-3-5-16)30-23(34)18-9-10-27-22(26)14-18/h1-7,9-10,13-15,20H,8,11-12H2,(H,28,35)(H,30,34). The lowest BCUT2D eigenvalue weighted by molar-refractivity contribution is -0.122. The summed E-state index contributed by atoms with van der Waals surface area (Å²) in [5.74, 6) is -1.72. The highest BCUT2D eigenvalue weighted by molar-refractivity contribution is 6.30. The maximum atomic E-state index is 13.5. The summed E-state index contributed by atoms with van der Waals surface area (Å²) in [5.41, 5.74) is 2.52. The summed E-state index contributed by atoms with van der Waals surface area (Å²) < 4.78 is 15.0. The van der Waals surface area contributed by atoms with Gasteiger partial charge in [0, 0.05) is 35.8 Å². The van der Waals surface area contributed by atoms with Crippen molar-refractivity contribution in [2.45, 2.75) is 18.9 Å². The minimum atomic E-state index is -0.875. The van der Waals surface area contributed by atoms with E-state index in [-0.39, 0.29) is 24.4 Å². The molecule has 0 bridgehead atoms. The van der Waals surface area contributed by atoms with Crippen LogP contribution in [0.3, 0.4) is 0 Å². The molecule has 2 aromatic heterocycles. The van der Waals surface area contributed by atoms with Crippen molar-refractivity contribution < 1.29 is 14.0 Å². The molecule has 0 saturated carbocycles. The number of halogens is 2. The zero-order valence-electron chi connectivity index (χ0n) is 18.4. The summed E-state index contributed by atoms with van der Waals surface area (Å²) in [6.45, 7) is 0.277. The highest BCUT2D eigenvalue weighted by Gasteiger charge is 2.22. The molecule has 0 aliphatic heterocycles. The van der Waals surface area contributed by atoms with E-state index in [1.165, 1.54) is 23.3 Å². The number of nitrogens with zero attached hydrogens (tertiary/aromatic N) is 5. The van der Waals surface area contributed by atoms with Crippen molar-refractivity contribution in [1.82, 2.24) is 35.8 Å². The topological polar surface area (TPSA) is 115 Å². The van der Waals surface area contributed by atoms with E-state index in [4.69, 9.17) is 11.6 Å². The van der Waals surface area contributed by atoms with Gasteiger partial charge in [-0.25, -0.2) is 9.67 Å². The van der Waals surface area contributed by atoms with Crippen LogP contribution >= 0.6 is 11.6 Å². The average molecular weight is 494 g/mol. The number of hydrogen-bond acceptors (Lipinski definition) is 6. The molecule has 0 fully saturated rings. The Bertz CT molecular complexity index is 1300. The zero-order valence-corrected chi connectivity index (χ0v) is 19.2. The third-order valence-electron chi connectivity index (χ3n) is 5.22. The maximum Gasteiger partial charge on any atom is 0.252 e. The molecule has 0 aliphatic carbocycles. The van der Waals surface area contributed by atoms with Gasteiger partial charge in [0.25, 0.3) is 5.91 Å². The second kappa shape index (κ2) is 11.3. The SMILES string of the molecule is O=C(NC(Cc1ccccc1)C(=O)NCCc1cc(Cl)ccc1-n1cnnn1)c1ccnc(F)c1. The quantitative estimate of drug-likeness (QED) is 0.346. The molecule has 0 radical (unpaired) electrons. The van der Waals surface area contributed by atoms with Crippen LogP contribution in [0.2, 0.25) is 5.02 Å². The van der Waals surface area contributed by atoms with Crippen molar-refractivity contribution in [2.24, 2.45) is 0 Å². The van der Waals surface area contributed by atoms with Gasteiger partial charge < -0.3 is 10.6 Å². The molecule has 0 spiro atoms. The lowest BCUT2D eigenvalue weighted by Crippen LogP contribution is -2.48. The Labute approximate surface area is 205 Å². The summed E-state index contributed by atoms with van der Waals surface area (Å²) in [5, 5.41) is 17.3. The highest BCUT2D eigenvalue weighted by Crippen LogP contribution is 2.19. The predicted octanol–water partition coefficient (Wildman–Crippen LogP) is 2.55. The summed E-state index contributed by atoms with van der Waals surface area (Å²) >= 11 is 6.16. The minimum Gasteiger partial charge on any atom is -0.354 e. The van der Waals surface area contributed by atoms with Crippen molar-refractivity contribution in [2.75, 3.05) is 6.54 Å². The molecule has 1 unspecified atom stereocenters. The van der Waals surface area contributed by atoms with Gasteiger partial charge in [-0.05, 0) is 52.2 Å². The first kappa shape index (κ1) is 24.0. The van der Waals surface area contributed by atoms with E-state index in [1.807, 2.05) is 30.3 Å². The van der Waals surface area contributed by atoms with Crippen LogP contribution in [0, 0.1) is 5.95 Å². The Kier molecular flexibility index (Phi) is 7.74. The van der Waals surface area contributed by atoms with Crippen molar-refractivity contribution in [3.05, 3.63) is 101 Å². The van der Waals surface area contributed by atoms with E-state index in [1.54, 1.807) is 18.2 Å². The van der Waals surface area contributed by atoms with Gasteiger partial charge in [0.15, 0.2) is 0 Å². The number of pyridine rings is 1. The lowest BCUT2D eigenvalue weighted by Gasteiger charge is -2.19. The fraction of sp³-hybridized carbons (Fsp3) is 0.167. The molecule has 2 N–H and O–H groups in total. The number of tetrazole rings is 1. The first-order valence-electron chi connectivity index (χ1n) is 10.8. The Balaban J connectivity index is 1.45. The number of hydrogen-bond donors (Lipinski definition) is 2. The first-order valence-corrected chi connectivity index (χ1v) is 11.1. The molecular weight excluding hydrogens is 473 g/mol. The Morgan fingerprint density at radius 3 is 2.66 bits per heavy atom. The van der Waals surface area contributed by atoms with Crippen LogP contribution in [0.15, 0.2) is 73.2 Å². The van der Waals surface area contributed by atoms with Crippen LogP contribution in [0.5, 0.6) is 0 Å². The number of nitrogens with one attached hydrogen (secondary N) is 2. The molecule has 35 heavy (non-hydrogen) atoms. The second-order valence-electron chi connectivity index (χ2n) is 7.65. The molecule has 0 aliphatic rings. The van der Waals surface area contributed by atoms with Crippen LogP contribution in [0.1, 0.15) is 21.5 Å². The number of carbonyl (C=O) groups is 2. The molecule has 178 valence electrons. The Hall–Kier alpha value is -4.18. The largest absolute Gasteiger partial charge is 0.354 e. The monoisotopic (exact) mass is 493 g/mol. The Morgan fingerprint density at radius 1 is 1.09 bits per heavy atom. The average Bonchev–Trinajstić information content (AvgIpc) is 3.39. The molecule has 4 rings (SSSR count). The summed E-state index contributed by atoms with van der Waals surface area (Å²) in [4.78, 5) is 29.2. The zero-order chi connectivity index (χ0) is 24.6. The number of amides is 2. The Morgan fingerprint density at radius 2 is 1.91 bits per heavy atom. The van der Waals surface area contributed by atoms with Crippen molar-refractivity contribution in [1.29, 1.82) is 0 Å². The van der Waals surface area contributed by atoms with E-state index in [0.717, 1.165) is 22.9 Å². The summed E-state index contributed by atoms with van der Waals surface area (Å²) in [6, 6.07) is 16.1. The molecule has 2 amide bonds. The predicted molar refractivity (Wildman–Crippen MR) is 126 cm³/mol. The van der Waals surface area contributed by atoms with Crippen LogP contribution in [-0.2, 0) is 17.6 Å². The molecule has 11 heteroatoms. The summed E-state index contributed by atoms with van der Waals surface area (Å²) in [6.07, 6.45) is 3.38. The van der Waals surface area contributed by atoms with E-state index < -0.39 is 17.9 Å². The van der Waals surface area contributed by atoms with E-state index in [9.17, 15) is 14.0 Å². The van der Waals surface area contributed by atoms with Gasteiger partial charge in [-0.15, -0.1) is 5.10 Å². The molecular formula is C24H21ClFN7O2. The van der Waals surface area contributed by atoms with Gasteiger partial charge >= 0.3 is 0 Å². The third-order valence-corrected chi connectivity index (χ3v) is 5.46. The number of rotatable bonds is 9. The normalized spacial score (nSPS) is 11.6. The fourth-order valence-electron chi connectivity index (χ4n) is 3.54. The van der Waals surface area contributed by atoms with Crippen LogP contribution < -0.4 is 10.6 Å². The number of aromatic nitrogens is 5. The molecule has 2 aromatic carbocycles. The molecule has 4 aromatic rings. The van der Waals surface area contributed by atoms with Crippen LogP contribution in [-0.4, -0.2) is 49.6 Å². The van der Waals surface area contributed by atoms with Gasteiger partial charge in [0.1, 0.15) is 12.4 Å². The van der Waals surface area contributed by atoms with Gasteiger partial charge in [0.2, 0.25) is 11.9 Å². The minimum absolute atomic E-state index is 0.0772. The number of carbonyl (C=O) groups excluding carboxylic acids is 2. The third kappa shape index (κ3) is 6.45. The molecule has 0 saturated heterocycles. The fourth-order valence-corrected chi connectivity index (χ4v) is 3.73. The molecule has 9 nitrogen and oxygen atoms in total. The molecule has 1 atom stereocenters. The van der Waals surface area contributed by atoms with E-state index in [0.29, 0.717) is 11.4 Å². The molecule has 2 heterocycles. The van der Waals surface area contributed by atoms with Gasteiger partial charge in [-0.3, -0.25) is 9.59 Å². The maximum absolute atomic E-state index is 13.5. The van der Waals surface area contributed by atoms with Gasteiger partial charge in [-0.2, -0.15) is 4.39 Å². The lowest BCUT2D eigenvalue weighted by atomic mass is 10.0. The van der Waals surface area contributed by atoms with E-state index in [2.05, 4.69) is 31.1 Å². The first-order chi connectivity index (χ1) is 17.0. The van der Waals surface area contributed by atoms with Crippen molar-refractivity contribution >= 4 is 23.4 Å². The van der Waals surface area contributed by atoms with Crippen LogP contribution in [0.25, 0.3) is 5.69 Å². The van der Waals surface area contributed by atoms with Gasteiger partial charge in [0.05, 0.1) is 5.69 Å². The second-order valence-corrected chi connectivity index (χ2v) is 8.09.